The fraction of sp³-hybridized carbons (Fsp3) is 0.111. The number of hydrogen-bond donors (Lipinski definition) is 2. The lowest BCUT2D eigenvalue weighted by Crippen LogP contribution is -1.90. The zero-order chi connectivity index (χ0) is 9.14. The highest BCUT2D eigenvalue weighted by Crippen LogP contribution is 2.20. The standard InChI is InChI=1S/C9H10FNS/c1-6(5-12)8-3-2-7(11)4-9(8)10/h2-5,12H,11H2,1H3/b6-5+. The van der Waals surface area contributed by atoms with Gasteiger partial charge in [-0.15, -0.1) is 0 Å². The third-order valence-electron chi connectivity index (χ3n) is 1.61. The van der Waals surface area contributed by atoms with Gasteiger partial charge in [0.1, 0.15) is 5.82 Å². The Morgan fingerprint density at radius 1 is 1.58 bits per heavy atom. The monoisotopic (exact) mass is 183 g/mol. The summed E-state index contributed by atoms with van der Waals surface area (Å²) in [6.45, 7) is 1.79. The van der Waals surface area contributed by atoms with E-state index >= 15 is 0 Å². The summed E-state index contributed by atoms with van der Waals surface area (Å²) in [6, 6.07) is 4.61. The van der Waals surface area contributed by atoms with Gasteiger partial charge in [0.05, 0.1) is 0 Å². The summed E-state index contributed by atoms with van der Waals surface area (Å²) >= 11 is 3.94. The molecule has 0 radical (unpaired) electrons. The van der Waals surface area contributed by atoms with E-state index in [9.17, 15) is 4.39 Å². The normalized spacial score (nSPS) is 11.8. The van der Waals surface area contributed by atoms with Gasteiger partial charge >= 0.3 is 0 Å². The number of anilines is 1. The Bertz CT molecular complexity index is 320. The highest BCUT2D eigenvalue weighted by atomic mass is 32.1. The van der Waals surface area contributed by atoms with E-state index in [0.29, 0.717) is 11.3 Å². The van der Waals surface area contributed by atoms with Crippen LogP contribution in [-0.4, -0.2) is 0 Å². The average molecular weight is 183 g/mol. The maximum Gasteiger partial charge on any atom is 0.132 e. The molecule has 0 saturated carbocycles. The summed E-state index contributed by atoms with van der Waals surface area (Å²) in [5.41, 5.74) is 7.15. The predicted molar refractivity (Wildman–Crippen MR) is 53.4 cm³/mol. The van der Waals surface area contributed by atoms with Crippen molar-refractivity contribution in [3.63, 3.8) is 0 Å². The molecule has 12 heavy (non-hydrogen) atoms. The molecule has 0 aliphatic rings. The number of nitrogens with two attached hydrogens (primary N) is 1. The van der Waals surface area contributed by atoms with Crippen LogP contribution in [0.3, 0.4) is 0 Å². The molecule has 0 bridgehead atoms. The Morgan fingerprint density at radius 3 is 2.75 bits per heavy atom. The van der Waals surface area contributed by atoms with Crippen LogP contribution in [0.15, 0.2) is 23.6 Å². The minimum absolute atomic E-state index is 0.308. The lowest BCUT2D eigenvalue weighted by atomic mass is 10.1. The molecule has 1 aromatic carbocycles. The molecule has 0 spiro atoms. The molecule has 1 nitrogen and oxygen atoms in total. The molecular formula is C9H10FNS. The number of thiol groups is 1. The molecule has 1 rings (SSSR count). The first-order valence-corrected chi connectivity index (χ1v) is 4.03. The fourth-order valence-electron chi connectivity index (χ4n) is 0.921. The second-order valence-corrected chi connectivity index (χ2v) is 2.81. The topological polar surface area (TPSA) is 26.0 Å². The summed E-state index contributed by atoms with van der Waals surface area (Å²) in [5.74, 6) is -0.308. The van der Waals surface area contributed by atoms with Crippen LogP contribution in [0.1, 0.15) is 12.5 Å². The Morgan fingerprint density at radius 2 is 2.25 bits per heavy atom. The molecule has 64 valence electrons. The Balaban J connectivity index is 3.18. The summed E-state index contributed by atoms with van der Waals surface area (Å²) in [4.78, 5) is 0. The van der Waals surface area contributed by atoms with E-state index in [1.54, 1.807) is 24.5 Å². The molecule has 0 unspecified atom stereocenters. The average Bonchev–Trinajstić information content (AvgIpc) is 2.03. The summed E-state index contributed by atoms with van der Waals surface area (Å²) in [5, 5.41) is 1.56. The molecule has 0 atom stereocenters. The minimum atomic E-state index is -0.308. The van der Waals surface area contributed by atoms with Crippen LogP contribution in [-0.2, 0) is 0 Å². The molecule has 0 aliphatic heterocycles. The quantitative estimate of drug-likeness (QED) is 0.508. The van der Waals surface area contributed by atoms with Gasteiger partial charge in [0.2, 0.25) is 0 Å². The zero-order valence-corrected chi connectivity index (χ0v) is 7.61. The SMILES string of the molecule is C/C(=C\S)c1ccc(N)cc1F. The van der Waals surface area contributed by atoms with Crippen molar-refractivity contribution >= 4 is 23.9 Å². The molecule has 1 aromatic rings. The van der Waals surface area contributed by atoms with Crippen molar-refractivity contribution in [1.82, 2.24) is 0 Å². The van der Waals surface area contributed by atoms with Crippen LogP contribution in [0.25, 0.3) is 5.57 Å². The number of allylic oxidation sites excluding steroid dienone is 1. The van der Waals surface area contributed by atoms with Crippen LogP contribution in [0, 0.1) is 5.82 Å². The number of nitrogen functional groups attached to an aromatic ring is 1. The molecule has 3 heteroatoms. The third kappa shape index (κ3) is 1.80. The number of rotatable bonds is 1. The fourth-order valence-corrected chi connectivity index (χ4v) is 1.06. The van der Waals surface area contributed by atoms with Gasteiger partial charge in [0.25, 0.3) is 0 Å². The Labute approximate surface area is 76.5 Å². The smallest absolute Gasteiger partial charge is 0.132 e. The molecule has 0 saturated heterocycles. The van der Waals surface area contributed by atoms with Crippen molar-refractivity contribution in [2.75, 3.05) is 5.73 Å². The van der Waals surface area contributed by atoms with Gasteiger partial charge in [0.15, 0.2) is 0 Å². The Kier molecular flexibility index (Phi) is 2.76. The van der Waals surface area contributed by atoms with Gasteiger partial charge in [-0.3, -0.25) is 0 Å². The lowest BCUT2D eigenvalue weighted by molar-refractivity contribution is 0.624. The van der Waals surface area contributed by atoms with Gasteiger partial charge in [0, 0.05) is 11.3 Å². The first-order chi connectivity index (χ1) is 5.65. The highest BCUT2D eigenvalue weighted by molar-refractivity contribution is 7.83. The van der Waals surface area contributed by atoms with Crippen LogP contribution in [0.4, 0.5) is 10.1 Å². The van der Waals surface area contributed by atoms with Gasteiger partial charge in [-0.1, -0.05) is 0 Å². The van der Waals surface area contributed by atoms with Crippen LogP contribution in [0.5, 0.6) is 0 Å². The van der Waals surface area contributed by atoms with Crippen molar-refractivity contribution in [3.8, 4) is 0 Å². The minimum Gasteiger partial charge on any atom is -0.399 e. The first-order valence-electron chi connectivity index (χ1n) is 3.51. The van der Waals surface area contributed by atoms with Gasteiger partial charge < -0.3 is 5.73 Å². The number of hydrogen-bond acceptors (Lipinski definition) is 2. The highest BCUT2D eigenvalue weighted by Gasteiger charge is 2.02. The first kappa shape index (κ1) is 9.13. The number of benzene rings is 1. The second kappa shape index (κ2) is 3.63. The van der Waals surface area contributed by atoms with Crippen molar-refractivity contribution in [2.24, 2.45) is 0 Å². The van der Waals surface area contributed by atoms with Crippen LogP contribution in [0.2, 0.25) is 0 Å². The Hall–Kier alpha value is -0.960. The van der Waals surface area contributed by atoms with Crippen molar-refractivity contribution in [1.29, 1.82) is 0 Å². The van der Waals surface area contributed by atoms with Crippen LogP contribution < -0.4 is 5.73 Å². The molecular weight excluding hydrogens is 173 g/mol. The lowest BCUT2D eigenvalue weighted by Gasteiger charge is -2.02. The zero-order valence-electron chi connectivity index (χ0n) is 6.71. The van der Waals surface area contributed by atoms with E-state index in [2.05, 4.69) is 12.6 Å². The van der Waals surface area contributed by atoms with Gasteiger partial charge in [-0.05, 0) is 36.1 Å². The van der Waals surface area contributed by atoms with Crippen molar-refractivity contribution < 1.29 is 4.39 Å². The van der Waals surface area contributed by atoms with E-state index in [1.807, 2.05) is 0 Å². The largest absolute Gasteiger partial charge is 0.399 e. The van der Waals surface area contributed by atoms with Crippen molar-refractivity contribution in [2.45, 2.75) is 6.92 Å². The van der Waals surface area contributed by atoms with E-state index in [1.165, 1.54) is 6.07 Å². The van der Waals surface area contributed by atoms with Gasteiger partial charge in [-0.2, -0.15) is 12.6 Å². The summed E-state index contributed by atoms with van der Waals surface area (Å²) in [7, 11) is 0. The number of halogens is 1. The third-order valence-corrected chi connectivity index (χ3v) is 2.00. The summed E-state index contributed by atoms with van der Waals surface area (Å²) in [6.07, 6.45) is 0. The maximum atomic E-state index is 13.1. The van der Waals surface area contributed by atoms with E-state index in [0.717, 1.165) is 5.57 Å². The van der Waals surface area contributed by atoms with Crippen molar-refractivity contribution in [3.05, 3.63) is 35.0 Å². The molecule has 0 heterocycles. The predicted octanol–water partition coefficient (Wildman–Crippen LogP) is 2.70. The van der Waals surface area contributed by atoms with E-state index < -0.39 is 0 Å². The molecule has 0 fully saturated rings. The maximum absolute atomic E-state index is 13.1. The molecule has 2 N–H and O–H groups in total. The van der Waals surface area contributed by atoms with E-state index in [4.69, 9.17) is 5.73 Å². The molecule has 0 aliphatic carbocycles. The van der Waals surface area contributed by atoms with Crippen LogP contribution >= 0.6 is 12.6 Å². The molecule has 0 amide bonds. The summed E-state index contributed by atoms with van der Waals surface area (Å²) < 4.78 is 13.1. The van der Waals surface area contributed by atoms with E-state index in [-0.39, 0.29) is 5.82 Å². The molecule has 0 aromatic heterocycles. The van der Waals surface area contributed by atoms with Gasteiger partial charge in [-0.25, -0.2) is 4.39 Å². The second-order valence-electron chi connectivity index (χ2n) is 2.55.